The SMILES string of the molecule is CC1CCC(C)C(C)(C)C1C1OC=CO1. The molecule has 15 heavy (non-hydrogen) atoms. The van der Waals surface area contributed by atoms with Gasteiger partial charge in [-0.2, -0.15) is 0 Å². The average Bonchev–Trinajstić information content (AvgIpc) is 2.65. The Morgan fingerprint density at radius 3 is 2.27 bits per heavy atom. The third-order valence-electron chi connectivity index (χ3n) is 4.57. The van der Waals surface area contributed by atoms with Crippen LogP contribution in [0.4, 0.5) is 0 Å². The van der Waals surface area contributed by atoms with Crippen LogP contribution in [0.1, 0.15) is 40.5 Å². The van der Waals surface area contributed by atoms with Gasteiger partial charge in [-0.05, 0) is 30.1 Å². The summed E-state index contributed by atoms with van der Waals surface area (Å²) >= 11 is 0. The lowest BCUT2D eigenvalue weighted by atomic mass is 9.59. The van der Waals surface area contributed by atoms with E-state index >= 15 is 0 Å². The van der Waals surface area contributed by atoms with E-state index in [0.717, 1.165) is 5.92 Å². The summed E-state index contributed by atoms with van der Waals surface area (Å²) in [6.07, 6.45) is 5.90. The van der Waals surface area contributed by atoms with E-state index in [1.807, 2.05) is 0 Å². The highest BCUT2D eigenvalue weighted by Crippen LogP contribution is 2.50. The van der Waals surface area contributed by atoms with Gasteiger partial charge in [0.1, 0.15) is 12.5 Å². The lowest BCUT2D eigenvalue weighted by Crippen LogP contribution is -2.46. The van der Waals surface area contributed by atoms with Gasteiger partial charge in [0, 0.05) is 5.92 Å². The molecule has 1 saturated carbocycles. The summed E-state index contributed by atoms with van der Waals surface area (Å²) in [4.78, 5) is 0. The molecule has 3 atom stereocenters. The summed E-state index contributed by atoms with van der Waals surface area (Å²) in [6, 6.07) is 0. The van der Waals surface area contributed by atoms with Crippen LogP contribution < -0.4 is 0 Å². The minimum absolute atomic E-state index is 0.0576. The zero-order valence-corrected chi connectivity index (χ0v) is 10.2. The summed E-state index contributed by atoms with van der Waals surface area (Å²) in [6.45, 7) is 9.37. The zero-order chi connectivity index (χ0) is 11.1. The Kier molecular flexibility index (Phi) is 2.70. The van der Waals surface area contributed by atoms with E-state index in [9.17, 15) is 0 Å². The molecule has 2 aliphatic rings. The Morgan fingerprint density at radius 1 is 1.07 bits per heavy atom. The molecule has 0 radical (unpaired) electrons. The Morgan fingerprint density at radius 2 is 1.67 bits per heavy atom. The van der Waals surface area contributed by atoms with Gasteiger partial charge < -0.3 is 9.47 Å². The van der Waals surface area contributed by atoms with Crippen LogP contribution in [-0.2, 0) is 9.47 Å². The smallest absolute Gasteiger partial charge is 0.243 e. The molecule has 0 amide bonds. The Balaban J connectivity index is 2.17. The summed E-state index contributed by atoms with van der Waals surface area (Å²) in [7, 11) is 0. The fourth-order valence-corrected chi connectivity index (χ4v) is 3.17. The molecule has 2 nitrogen and oxygen atoms in total. The van der Waals surface area contributed by atoms with Crippen LogP contribution in [0, 0.1) is 23.2 Å². The number of rotatable bonds is 1. The largest absolute Gasteiger partial charge is 0.459 e. The molecule has 0 spiro atoms. The van der Waals surface area contributed by atoms with Crippen molar-refractivity contribution in [3.8, 4) is 0 Å². The topological polar surface area (TPSA) is 18.5 Å². The van der Waals surface area contributed by atoms with Gasteiger partial charge in [0.2, 0.25) is 6.29 Å². The highest BCUT2D eigenvalue weighted by molar-refractivity contribution is 4.94. The Bertz CT molecular complexity index is 249. The van der Waals surface area contributed by atoms with Crippen molar-refractivity contribution >= 4 is 0 Å². The van der Waals surface area contributed by atoms with Crippen LogP contribution in [0.2, 0.25) is 0 Å². The second-order valence-corrected chi connectivity index (χ2v) is 5.72. The quantitative estimate of drug-likeness (QED) is 0.659. The monoisotopic (exact) mass is 210 g/mol. The van der Waals surface area contributed by atoms with Crippen LogP contribution in [0.25, 0.3) is 0 Å². The van der Waals surface area contributed by atoms with Crippen LogP contribution in [0.5, 0.6) is 0 Å². The predicted octanol–water partition coefficient (Wildman–Crippen LogP) is 3.54. The predicted molar refractivity (Wildman–Crippen MR) is 59.9 cm³/mol. The lowest BCUT2D eigenvalue weighted by molar-refractivity contribution is -0.147. The van der Waals surface area contributed by atoms with Crippen molar-refractivity contribution in [1.82, 2.24) is 0 Å². The highest BCUT2D eigenvalue weighted by atomic mass is 16.7. The molecule has 86 valence electrons. The number of ether oxygens (including phenoxy) is 2. The summed E-state index contributed by atoms with van der Waals surface area (Å²) in [5.41, 5.74) is 0.300. The molecule has 1 fully saturated rings. The molecular weight excluding hydrogens is 188 g/mol. The number of hydrogen-bond donors (Lipinski definition) is 0. The molecule has 2 heteroatoms. The Labute approximate surface area is 92.6 Å². The van der Waals surface area contributed by atoms with Gasteiger partial charge in [-0.3, -0.25) is 0 Å². The number of hydrogen-bond acceptors (Lipinski definition) is 2. The fraction of sp³-hybridized carbons (Fsp3) is 0.846. The third-order valence-corrected chi connectivity index (χ3v) is 4.57. The summed E-state index contributed by atoms with van der Waals surface area (Å²) in [5, 5.41) is 0. The van der Waals surface area contributed by atoms with Gasteiger partial charge in [-0.1, -0.05) is 27.7 Å². The first-order valence-corrected chi connectivity index (χ1v) is 5.99. The highest BCUT2D eigenvalue weighted by Gasteiger charge is 2.47. The van der Waals surface area contributed by atoms with Crippen molar-refractivity contribution in [3.63, 3.8) is 0 Å². The van der Waals surface area contributed by atoms with Crippen molar-refractivity contribution in [2.75, 3.05) is 0 Å². The summed E-state index contributed by atoms with van der Waals surface area (Å²) < 4.78 is 11.1. The van der Waals surface area contributed by atoms with Gasteiger partial charge in [-0.15, -0.1) is 0 Å². The van der Waals surface area contributed by atoms with Crippen molar-refractivity contribution < 1.29 is 9.47 Å². The summed E-state index contributed by atoms with van der Waals surface area (Å²) in [5.74, 6) is 1.92. The van der Waals surface area contributed by atoms with Crippen LogP contribution in [0.15, 0.2) is 12.5 Å². The normalized spacial score (nSPS) is 39.9. The van der Waals surface area contributed by atoms with Gasteiger partial charge in [0.05, 0.1) is 0 Å². The molecule has 0 aromatic heterocycles. The molecule has 0 saturated heterocycles. The van der Waals surface area contributed by atoms with Crippen molar-refractivity contribution in [3.05, 3.63) is 12.5 Å². The fourth-order valence-electron chi connectivity index (χ4n) is 3.17. The van der Waals surface area contributed by atoms with E-state index in [4.69, 9.17) is 9.47 Å². The van der Waals surface area contributed by atoms with E-state index in [1.54, 1.807) is 12.5 Å². The third kappa shape index (κ3) is 1.75. The molecular formula is C13H22O2. The maximum Gasteiger partial charge on any atom is 0.243 e. The standard InChI is InChI=1S/C13H22O2/c1-9-5-6-10(2)13(3,4)11(9)12-14-7-8-15-12/h7-12H,5-6H2,1-4H3. The maximum absolute atomic E-state index is 5.54. The van der Waals surface area contributed by atoms with E-state index in [-0.39, 0.29) is 6.29 Å². The second-order valence-electron chi connectivity index (χ2n) is 5.72. The minimum Gasteiger partial charge on any atom is -0.459 e. The van der Waals surface area contributed by atoms with Crippen molar-refractivity contribution in [2.45, 2.75) is 46.8 Å². The molecule has 0 N–H and O–H groups in total. The maximum atomic E-state index is 5.54. The molecule has 2 rings (SSSR count). The van der Waals surface area contributed by atoms with Gasteiger partial charge in [0.15, 0.2) is 0 Å². The first-order valence-electron chi connectivity index (χ1n) is 5.99. The molecule has 0 aromatic carbocycles. The van der Waals surface area contributed by atoms with Crippen LogP contribution in [0.3, 0.4) is 0 Å². The molecule has 1 aliphatic carbocycles. The van der Waals surface area contributed by atoms with Gasteiger partial charge >= 0.3 is 0 Å². The van der Waals surface area contributed by atoms with E-state index in [0.29, 0.717) is 17.3 Å². The van der Waals surface area contributed by atoms with Gasteiger partial charge in [-0.25, -0.2) is 0 Å². The zero-order valence-electron chi connectivity index (χ0n) is 10.2. The lowest BCUT2D eigenvalue weighted by Gasteiger charge is -2.48. The van der Waals surface area contributed by atoms with E-state index in [2.05, 4.69) is 27.7 Å². The van der Waals surface area contributed by atoms with Gasteiger partial charge in [0.25, 0.3) is 0 Å². The van der Waals surface area contributed by atoms with Crippen molar-refractivity contribution in [1.29, 1.82) is 0 Å². The van der Waals surface area contributed by atoms with Crippen molar-refractivity contribution in [2.24, 2.45) is 23.2 Å². The average molecular weight is 210 g/mol. The molecule has 1 heterocycles. The van der Waals surface area contributed by atoms with Crippen LogP contribution in [-0.4, -0.2) is 6.29 Å². The Hall–Kier alpha value is -0.660. The molecule has 3 unspecified atom stereocenters. The molecule has 0 bridgehead atoms. The molecule has 1 aliphatic heterocycles. The second kappa shape index (κ2) is 3.73. The van der Waals surface area contributed by atoms with Crippen LogP contribution >= 0.6 is 0 Å². The molecule has 0 aromatic rings. The first-order chi connectivity index (χ1) is 7.03. The van der Waals surface area contributed by atoms with E-state index in [1.165, 1.54) is 12.8 Å². The first kappa shape index (κ1) is 10.8. The minimum atomic E-state index is -0.0576. The van der Waals surface area contributed by atoms with E-state index < -0.39 is 0 Å².